The Hall–Kier alpha value is -2.97. The Morgan fingerprint density at radius 1 is 1.04 bits per heavy atom. The Morgan fingerprint density at radius 3 is 2.38 bits per heavy atom. The quantitative estimate of drug-likeness (QED) is 0.289. The van der Waals surface area contributed by atoms with E-state index in [0.717, 1.165) is 0 Å². The topological polar surface area (TPSA) is 105 Å². The van der Waals surface area contributed by atoms with E-state index in [1.807, 2.05) is 5.43 Å². The molecule has 0 fully saturated rings. The van der Waals surface area contributed by atoms with Crippen molar-refractivity contribution in [3.63, 3.8) is 0 Å². The molecule has 0 atom stereocenters. The summed E-state index contributed by atoms with van der Waals surface area (Å²) >= 11 is 5.11. The Bertz CT molecular complexity index is 762. The zero-order valence-corrected chi connectivity index (χ0v) is 13.6. The maximum atomic E-state index is 12.1. The van der Waals surface area contributed by atoms with E-state index in [2.05, 4.69) is 10.6 Å². The van der Waals surface area contributed by atoms with Crippen LogP contribution in [0.4, 0.5) is 5.69 Å². The second kappa shape index (κ2) is 8.04. The molecular formula is C16H16N4O3S. The molecule has 2 aromatic carbocycles. The highest BCUT2D eigenvalue weighted by Gasteiger charge is 2.09. The minimum atomic E-state index is -0.393. The number of anilines is 1. The van der Waals surface area contributed by atoms with Crippen molar-refractivity contribution in [2.45, 2.75) is 0 Å². The number of methoxy groups -OCH3 is 1. The highest BCUT2D eigenvalue weighted by atomic mass is 32.1. The van der Waals surface area contributed by atoms with E-state index >= 15 is 0 Å². The molecule has 0 unspecified atom stereocenters. The Kier molecular flexibility index (Phi) is 5.83. The zero-order chi connectivity index (χ0) is 17.5. The van der Waals surface area contributed by atoms with E-state index in [9.17, 15) is 9.59 Å². The van der Waals surface area contributed by atoms with Gasteiger partial charge in [-0.25, -0.2) is 5.84 Å². The van der Waals surface area contributed by atoms with Gasteiger partial charge >= 0.3 is 0 Å². The third-order valence-electron chi connectivity index (χ3n) is 3.10. The van der Waals surface area contributed by atoms with Gasteiger partial charge in [0.15, 0.2) is 5.11 Å². The van der Waals surface area contributed by atoms with Gasteiger partial charge in [0.1, 0.15) is 5.75 Å². The summed E-state index contributed by atoms with van der Waals surface area (Å²) in [6.45, 7) is 0. The summed E-state index contributed by atoms with van der Waals surface area (Å²) < 4.78 is 5.08. The first-order chi connectivity index (χ1) is 11.5. The van der Waals surface area contributed by atoms with E-state index in [-0.39, 0.29) is 11.0 Å². The van der Waals surface area contributed by atoms with Crippen LogP contribution in [0.3, 0.4) is 0 Å². The monoisotopic (exact) mass is 344 g/mol. The number of rotatable bonds is 4. The number of benzene rings is 2. The van der Waals surface area contributed by atoms with Crippen LogP contribution in [0.15, 0.2) is 48.5 Å². The maximum absolute atomic E-state index is 12.1. The molecule has 0 radical (unpaired) electrons. The molecule has 2 rings (SSSR count). The predicted molar refractivity (Wildman–Crippen MR) is 94.8 cm³/mol. The van der Waals surface area contributed by atoms with Gasteiger partial charge in [0, 0.05) is 16.8 Å². The molecule has 124 valence electrons. The van der Waals surface area contributed by atoms with Crippen molar-refractivity contribution in [2.75, 3.05) is 12.4 Å². The van der Waals surface area contributed by atoms with Crippen molar-refractivity contribution in [3.8, 4) is 5.75 Å². The van der Waals surface area contributed by atoms with Gasteiger partial charge in [-0.3, -0.25) is 20.3 Å². The van der Waals surface area contributed by atoms with Gasteiger partial charge in [0.2, 0.25) is 0 Å². The smallest absolute Gasteiger partial charge is 0.265 e. The highest BCUT2D eigenvalue weighted by molar-refractivity contribution is 7.80. The molecule has 0 heterocycles. The zero-order valence-electron chi connectivity index (χ0n) is 12.8. The fraction of sp³-hybridized carbons (Fsp3) is 0.0625. The summed E-state index contributed by atoms with van der Waals surface area (Å²) in [7, 11) is 1.53. The van der Waals surface area contributed by atoms with Crippen molar-refractivity contribution in [1.29, 1.82) is 0 Å². The van der Waals surface area contributed by atoms with Crippen LogP contribution in [-0.4, -0.2) is 24.0 Å². The van der Waals surface area contributed by atoms with E-state index in [1.165, 1.54) is 7.11 Å². The minimum absolute atomic E-state index is 0.138. The van der Waals surface area contributed by atoms with E-state index < -0.39 is 5.91 Å². The summed E-state index contributed by atoms with van der Waals surface area (Å²) in [5.74, 6) is 4.89. The molecule has 8 heteroatoms. The van der Waals surface area contributed by atoms with Crippen LogP contribution in [0.2, 0.25) is 0 Å². The van der Waals surface area contributed by atoms with Gasteiger partial charge in [0.05, 0.1) is 7.11 Å². The van der Waals surface area contributed by atoms with Crippen LogP contribution < -0.4 is 26.6 Å². The second-order valence-corrected chi connectivity index (χ2v) is 5.10. The third kappa shape index (κ3) is 4.51. The molecule has 2 amide bonds. The van der Waals surface area contributed by atoms with Crippen molar-refractivity contribution < 1.29 is 14.3 Å². The van der Waals surface area contributed by atoms with Gasteiger partial charge in [-0.15, -0.1) is 0 Å². The number of nitrogen functional groups attached to an aromatic ring is 1. The number of hydrazine groups is 1. The Morgan fingerprint density at radius 2 is 1.75 bits per heavy atom. The van der Waals surface area contributed by atoms with Gasteiger partial charge < -0.3 is 10.1 Å². The SMILES string of the molecule is COc1cccc(C(=O)NC(=S)Nc2ccc(C(=O)NN)cc2)c1. The molecule has 24 heavy (non-hydrogen) atoms. The highest BCUT2D eigenvalue weighted by Crippen LogP contribution is 2.13. The molecule has 0 aliphatic heterocycles. The third-order valence-corrected chi connectivity index (χ3v) is 3.30. The number of amides is 2. The summed E-state index contributed by atoms with van der Waals surface area (Å²) in [5.41, 5.74) is 3.50. The van der Waals surface area contributed by atoms with E-state index in [0.29, 0.717) is 22.6 Å². The van der Waals surface area contributed by atoms with Crippen LogP contribution in [0.25, 0.3) is 0 Å². The van der Waals surface area contributed by atoms with Crippen molar-refractivity contribution >= 4 is 34.8 Å². The first kappa shape index (κ1) is 17.4. The van der Waals surface area contributed by atoms with Crippen LogP contribution >= 0.6 is 12.2 Å². The Balaban J connectivity index is 1.97. The lowest BCUT2D eigenvalue weighted by molar-refractivity contribution is 0.0951. The van der Waals surface area contributed by atoms with Crippen LogP contribution in [0.1, 0.15) is 20.7 Å². The average molecular weight is 344 g/mol. The number of ether oxygens (including phenoxy) is 1. The number of nitrogens with two attached hydrogens (primary N) is 1. The van der Waals surface area contributed by atoms with E-state index in [1.54, 1.807) is 48.5 Å². The molecule has 0 aliphatic rings. The number of hydrogen-bond donors (Lipinski definition) is 4. The summed E-state index contributed by atoms with van der Waals surface area (Å²) in [6, 6.07) is 13.2. The lowest BCUT2D eigenvalue weighted by atomic mass is 10.2. The van der Waals surface area contributed by atoms with Crippen molar-refractivity contribution in [2.24, 2.45) is 5.84 Å². The van der Waals surface area contributed by atoms with Gasteiger partial charge in [-0.2, -0.15) is 0 Å². The second-order valence-electron chi connectivity index (χ2n) is 4.69. The van der Waals surface area contributed by atoms with Gasteiger partial charge in [-0.05, 0) is 54.7 Å². The van der Waals surface area contributed by atoms with Gasteiger partial charge in [0.25, 0.3) is 11.8 Å². The molecule has 0 bridgehead atoms. The molecule has 0 aromatic heterocycles. The largest absolute Gasteiger partial charge is 0.497 e. The molecule has 0 saturated carbocycles. The number of hydrogen-bond acceptors (Lipinski definition) is 5. The average Bonchev–Trinajstić information content (AvgIpc) is 2.61. The fourth-order valence-corrected chi connectivity index (χ4v) is 2.10. The Labute approximate surface area is 144 Å². The molecule has 7 nitrogen and oxygen atoms in total. The normalized spacial score (nSPS) is 9.75. The fourth-order valence-electron chi connectivity index (χ4n) is 1.89. The standard InChI is InChI=1S/C16H16N4O3S/c1-23-13-4-2-3-11(9-13)14(21)19-16(24)18-12-7-5-10(6-8-12)15(22)20-17/h2-9H,17H2,1H3,(H,20,22)(H2,18,19,21,24). The summed E-state index contributed by atoms with van der Waals surface area (Å²) in [4.78, 5) is 23.5. The molecule has 2 aromatic rings. The molecule has 0 saturated heterocycles. The number of nitrogens with one attached hydrogen (secondary N) is 3. The van der Waals surface area contributed by atoms with Crippen molar-refractivity contribution in [1.82, 2.24) is 10.7 Å². The molecule has 0 spiro atoms. The lowest BCUT2D eigenvalue weighted by Gasteiger charge is -2.10. The molecular weight excluding hydrogens is 328 g/mol. The molecule has 5 N–H and O–H groups in total. The van der Waals surface area contributed by atoms with E-state index in [4.69, 9.17) is 22.8 Å². The number of carbonyl (C=O) groups is 2. The minimum Gasteiger partial charge on any atom is -0.497 e. The van der Waals surface area contributed by atoms with Crippen LogP contribution in [-0.2, 0) is 0 Å². The van der Waals surface area contributed by atoms with Crippen LogP contribution in [0.5, 0.6) is 5.75 Å². The number of carbonyl (C=O) groups excluding carboxylic acids is 2. The van der Waals surface area contributed by atoms with Crippen molar-refractivity contribution in [3.05, 3.63) is 59.7 Å². The summed E-state index contributed by atoms with van der Waals surface area (Å²) in [6.07, 6.45) is 0. The maximum Gasteiger partial charge on any atom is 0.265 e. The van der Waals surface area contributed by atoms with Gasteiger partial charge in [-0.1, -0.05) is 6.07 Å². The van der Waals surface area contributed by atoms with Crippen LogP contribution in [0, 0.1) is 0 Å². The first-order valence-electron chi connectivity index (χ1n) is 6.91. The summed E-state index contributed by atoms with van der Waals surface area (Å²) in [5, 5.41) is 5.57. The molecule has 0 aliphatic carbocycles. The predicted octanol–water partition coefficient (Wildman–Crippen LogP) is 1.43. The number of thiocarbonyl (C=S) groups is 1. The first-order valence-corrected chi connectivity index (χ1v) is 7.31. The lowest BCUT2D eigenvalue weighted by Crippen LogP contribution is -2.34.